The van der Waals surface area contributed by atoms with Gasteiger partial charge in [-0.3, -0.25) is 4.79 Å². The molecule has 0 N–H and O–H groups in total. The number of carbonyl (C=O) groups is 1. The third-order valence-corrected chi connectivity index (χ3v) is 3.73. The highest BCUT2D eigenvalue weighted by molar-refractivity contribution is 9.10. The van der Waals surface area contributed by atoms with Crippen LogP contribution in [0, 0.1) is 0 Å². The molecule has 1 amide bonds. The lowest BCUT2D eigenvalue weighted by Crippen LogP contribution is -2.33. The molecule has 0 atom stereocenters. The standard InChI is InChI=1S/C16H25BrN2O/c1-3-5-7-12-19(13-8-6-4-2)16(20)14-10-9-11-15(17)18-14/h9-11H,3-8,12-13H2,1-2H3. The van der Waals surface area contributed by atoms with Crippen molar-refractivity contribution in [2.75, 3.05) is 13.1 Å². The van der Waals surface area contributed by atoms with Gasteiger partial charge in [-0.05, 0) is 40.9 Å². The molecule has 0 aliphatic heterocycles. The maximum Gasteiger partial charge on any atom is 0.272 e. The lowest BCUT2D eigenvalue weighted by atomic mass is 10.2. The topological polar surface area (TPSA) is 33.2 Å². The van der Waals surface area contributed by atoms with E-state index in [1.807, 2.05) is 17.0 Å². The first-order valence-electron chi connectivity index (χ1n) is 7.60. The van der Waals surface area contributed by atoms with Crippen molar-refractivity contribution in [3.05, 3.63) is 28.5 Å². The largest absolute Gasteiger partial charge is 0.337 e. The van der Waals surface area contributed by atoms with Gasteiger partial charge >= 0.3 is 0 Å². The van der Waals surface area contributed by atoms with Gasteiger partial charge in [0.25, 0.3) is 5.91 Å². The summed E-state index contributed by atoms with van der Waals surface area (Å²) in [7, 11) is 0. The number of unbranched alkanes of at least 4 members (excludes halogenated alkanes) is 4. The smallest absolute Gasteiger partial charge is 0.272 e. The number of pyridine rings is 1. The molecule has 112 valence electrons. The average molecular weight is 341 g/mol. The van der Waals surface area contributed by atoms with Crippen molar-refractivity contribution in [1.82, 2.24) is 9.88 Å². The van der Waals surface area contributed by atoms with Gasteiger partial charge in [-0.25, -0.2) is 4.98 Å². The summed E-state index contributed by atoms with van der Waals surface area (Å²) in [6.45, 7) is 6.04. The van der Waals surface area contributed by atoms with Crippen molar-refractivity contribution in [1.29, 1.82) is 0 Å². The van der Waals surface area contributed by atoms with E-state index in [1.54, 1.807) is 6.07 Å². The SMILES string of the molecule is CCCCCN(CCCCC)C(=O)c1cccc(Br)n1. The highest BCUT2D eigenvalue weighted by atomic mass is 79.9. The molecule has 0 saturated heterocycles. The Balaban J connectivity index is 2.66. The van der Waals surface area contributed by atoms with Crippen LogP contribution in [0.15, 0.2) is 22.8 Å². The Labute approximate surface area is 130 Å². The average Bonchev–Trinajstić information content (AvgIpc) is 2.45. The van der Waals surface area contributed by atoms with Crippen molar-refractivity contribution >= 4 is 21.8 Å². The summed E-state index contributed by atoms with van der Waals surface area (Å²) in [6, 6.07) is 5.50. The van der Waals surface area contributed by atoms with Crippen LogP contribution in [0.2, 0.25) is 0 Å². The second-order valence-corrected chi connectivity index (χ2v) is 5.86. The van der Waals surface area contributed by atoms with E-state index < -0.39 is 0 Å². The number of amides is 1. The molecule has 1 rings (SSSR count). The zero-order valence-corrected chi connectivity index (χ0v) is 14.2. The van der Waals surface area contributed by atoms with E-state index in [2.05, 4.69) is 34.8 Å². The molecular weight excluding hydrogens is 316 g/mol. The fourth-order valence-electron chi connectivity index (χ4n) is 2.11. The molecule has 0 aliphatic rings. The number of nitrogens with zero attached hydrogens (tertiary/aromatic N) is 2. The summed E-state index contributed by atoms with van der Waals surface area (Å²) < 4.78 is 0.713. The highest BCUT2D eigenvalue weighted by Gasteiger charge is 2.16. The fourth-order valence-corrected chi connectivity index (χ4v) is 2.45. The molecule has 1 aromatic rings. The molecule has 4 heteroatoms. The predicted octanol–water partition coefficient (Wildman–Crippen LogP) is 4.67. The van der Waals surface area contributed by atoms with Gasteiger partial charge in [0.15, 0.2) is 0 Å². The molecule has 3 nitrogen and oxygen atoms in total. The maximum atomic E-state index is 12.5. The van der Waals surface area contributed by atoms with Crippen LogP contribution in [0.5, 0.6) is 0 Å². The van der Waals surface area contributed by atoms with Crippen LogP contribution in [0.25, 0.3) is 0 Å². The summed E-state index contributed by atoms with van der Waals surface area (Å²) in [5, 5.41) is 0. The van der Waals surface area contributed by atoms with Crippen molar-refractivity contribution in [2.24, 2.45) is 0 Å². The van der Waals surface area contributed by atoms with Gasteiger partial charge < -0.3 is 4.90 Å². The Bertz CT molecular complexity index is 399. The van der Waals surface area contributed by atoms with E-state index in [9.17, 15) is 4.79 Å². The van der Waals surface area contributed by atoms with Gasteiger partial charge in [-0.15, -0.1) is 0 Å². The first-order valence-corrected chi connectivity index (χ1v) is 8.40. The zero-order valence-electron chi connectivity index (χ0n) is 12.6. The summed E-state index contributed by atoms with van der Waals surface area (Å²) in [5.74, 6) is 0.0542. The summed E-state index contributed by atoms with van der Waals surface area (Å²) in [5.41, 5.74) is 0.535. The van der Waals surface area contributed by atoms with E-state index >= 15 is 0 Å². The molecule has 0 fully saturated rings. The number of aromatic nitrogens is 1. The Kier molecular flexibility index (Phi) is 8.51. The van der Waals surface area contributed by atoms with E-state index in [0.717, 1.165) is 25.9 Å². The summed E-state index contributed by atoms with van der Waals surface area (Å²) >= 11 is 3.33. The maximum absolute atomic E-state index is 12.5. The van der Waals surface area contributed by atoms with Crippen molar-refractivity contribution in [3.63, 3.8) is 0 Å². The van der Waals surface area contributed by atoms with Crippen LogP contribution in [-0.4, -0.2) is 28.9 Å². The molecule has 1 aromatic heterocycles. The Morgan fingerprint density at radius 2 is 1.70 bits per heavy atom. The Hall–Kier alpha value is -0.900. The minimum Gasteiger partial charge on any atom is -0.337 e. The molecule has 20 heavy (non-hydrogen) atoms. The molecule has 0 saturated carbocycles. The Morgan fingerprint density at radius 3 is 2.20 bits per heavy atom. The van der Waals surface area contributed by atoms with Crippen LogP contribution in [0.3, 0.4) is 0 Å². The van der Waals surface area contributed by atoms with Gasteiger partial charge in [0.2, 0.25) is 0 Å². The quantitative estimate of drug-likeness (QED) is 0.483. The van der Waals surface area contributed by atoms with E-state index in [4.69, 9.17) is 0 Å². The van der Waals surface area contributed by atoms with Crippen LogP contribution in [0.4, 0.5) is 0 Å². The summed E-state index contributed by atoms with van der Waals surface area (Å²) in [6.07, 6.45) is 6.83. The van der Waals surface area contributed by atoms with Crippen LogP contribution in [0.1, 0.15) is 62.9 Å². The summed E-state index contributed by atoms with van der Waals surface area (Å²) in [4.78, 5) is 18.8. The zero-order chi connectivity index (χ0) is 14.8. The molecular formula is C16H25BrN2O. The normalized spacial score (nSPS) is 10.6. The number of hydrogen-bond donors (Lipinski definition) is 0. The predicted molar refractivity (Wildman–Crippen MR) is 86.9 cm³/mol. The van der Waals surface area contributed by atoms with Crippen LogP contribution < -0.4 is 0 Å². The van der Waals surface area contributed by atoms with E-state index in [0.29, 0.717) is 10.3 Å². The van der Waals surface area contributed by atoms with Gasteiger partial charge in [-0.1, -0.05) is 45.6 Å². The van der Waals surface area contributed by atoms with E-state index in [-0.39, 0.29) is 5.91 Å². The van der Waals surface area contributed by atoms with Gasteiger partial charge in [0.1, 0.15) is 10.3 Å². The molecule has 0 aromatic carbocycles. The molecule has 0 spiro atoms. The highest BCUT2D eigenvalue weighted by Crippen LogP contribution is 2.11. The van der Waals surface area contributed by atoms with Crippen LogP contribution in [-0.2, 0) is 0 Å². The lowest BCUT2D eigenvalue weighted by Gasteiger charge is -2.22. The Morgan fingerprint density at radius 1 is 1.10 bits per heavy atom. The van der Waals surface area contributed by atoms with Crippen molar-refractivity contribution in [3.8, 4) is 0 Å². The van der Waals surface area contributed by atoms with Gasteiger partial charge in [0, 0.05) is 13.1 Å². The minimum atomic E-state index is 0.0542. The molecule has 0 bridgehead atoms. The van der Waals surface area contributed by atoms with Gasteiger partial charge in [-0.2, -0.15) is 0 Å². The third-order valence-electron chi connectivity index (χ3n) is 3.28. The molecule has 0 radical (unpaired) electrons. The number of hydrogen-bond acceptors (Lipinski definition) is 2. The first-order chi connectivity index (χ1) is 9.69. The molecule has 1 heterocycles. The third kappa shape index (κ3) is 6.04. The number of halogens is 1. The molecule has 0 aliphatic carbocycles. The number of rotatable bonds is 9. The van der Waals surface area contributed by atoms with Crippen molar-refractivity contribution in [2.45, 2.75) is 52.4 Å². The first kappa shape index (κ1) is 17.2. The second kappa shape index (κ2) is 9.92. The molecule has 0 unspecified atom stereocenters. The van der Waals surface area contributed by atoms with Crippen molar-refractivity contribution < 1.29 is 4.79 Å². The van der Waals surface area contributed by atoms with Crippen LogP contribution >= 0.6 is 15.9 Å². The van der Waals surface area contributed by atoms with Gasteiger partial charge in [0.05, 0.1) is 0 Å². The monoisotopic (exact) mass is 340 g/mol. The van der Waals surface area contributed by atoms with E-state index in [1.165, 1.54) is 25.7 Å². The minimum absolute atomic E-state index is 0.0542. The lowest BCUT2D eigenvalue weighted by molar-refractivity contribution is 0.0743. The second-order valence-electron chi connectivity index (χ2n) is 5.05. The fraction of sp³-hybridized carbons (Fsp3) is 0.625. The number of carbonyl (C=O) groups excluding carboxylic acids is 1.